The van der Waals surface area contributed by atoms with Gasteiger partial charge in [-0.3, -0.25) is 9.80 Å². The van der Waals surface area contributed by atoms with Crippen molar-refractivity contribution in [1.82, 2.24) is 25.1 Å². The number of benzene rings is 1. The van der Waals surface area contributed by atoms with Crippen LogP contribution >= 0.6 is 0 Å². The zero-order valence-electron chi connectivity index (χ0n) is 12.1. The van der Waals surface area contributed by atoms with E-state index in [9.17, 15) is 0 Å². The predicted octanol–water partition coefficient (Wildman–Crippen LogP) is 0.900. The van der Waals surface area contributed by atoms with Gasteiger partial charge in [0.2, 0.25) is 0 Å². The van der Waals surface area contributed by atoms with Crippen LogP contribution < -0.4 is 5.32 Å². The molecule has 0 atom stereocenters. The fraction of sp³-hybridized carbons (Fsp3) is 0.533. The highest BCUT2D eigenvalue weighted by Gasteiger charge is 2.11. The summed E-state index contributed by atoms with van der Waals surface area (Å²) in [5.41, 5.74) is 2.18. The molecule has 0 unspecified atom stereocenters. The van der Waals surface area contributed by atoms with Gasteiger partial charge in [-0.25, -0.2) is 4.98 Å². The molecule has 2 aromatic rings. The SMILES string of the molecule is CN(CCN1CCNCC1)Cc1nc2ccccc2[nH]1. The topological polar surface area (TPSA) is 47.2 Å². The maximum atomic E-state index is 4.63. The highest BCUT2D eigenvalue weighted by molar-refractivity contribution is 5.74. The largest absolute Gasteiger partial charge is 0.341 e. The van der Waals surface area contributed by atoms with Crippen molar-refractivity contribution in [2.45, 2.75) is 6.54 Å². The Kier molecular flexibility index (Phi) is 4.30. The average Bonchev–Trinajstić information content (AvgIpc) is 2.88. The molecule has 0 saturated carbocycles. The second-order valence-electron chi connectivity index (χ2n) is 5.53. The Morgan fingerprint density at radius 1 is 1.25 bits per heavy atom. The van der Waals surface area contributed by atoms with E-state index in [1.807, 2.05) is 12.1 Å². The molecule has 0 aliphatic carbocycles. The second-order valence-corrected chi connectivity index (χ2v) is 5.53. The first-order chi connectivity index (χ1) is 9.81. The Balaban J connectivity index is 1.51. The lowest BCUT2D eigenvalue weighted by molar-refractivity contribution is 0.201. The van der Waals surface area contributed by atoms with E-state index < -0.39 is 0 Å². The number of aromatic amines is 1. The summed E-state index contributed by atoms with van der Waals surface area (Å²) in [6, 6.07) is 8.20. The summed E-state index contributed by atoms with van der Waals surface area (Å²) in [5, 5.41) is 3.39. The number of H-pyrrole nitrogens is 1. The monoisotopic (exact) mass is 273 g/mol. The molecular weight excluding hydrogens is 250 g/mol. The minimum atomic E-state index is 0.876. The Labute approximate surface area is 120 Å². The maximum Gasteiger partial charge on any atom is 0.121 e. The van der Waals surface area contributed by atoms with Gasteiger partial charge in [0.15, 0.2) is 0 Å². The molecule has 1 aromatic heterocycles. The van der Waals surface area contributed by atoms with Crippen molar-refractivity contribution in [2.75, 3.05) is 46.3 Å². The highest BCUT2D eigenvalue weighted by atomic mass is 15.2. The molecule has 5 nitrogen and oxygen atoms in total. The van der Waals surface area contributed by atoms with E-state index in [2.05, 4.69) is 44.3 Å². The van der Waals surface area contributed by atoms with Crippen LogP contribution in [0.5, 0.6) is 0 Å². The van der Waals surface area contributed by atoms with E-state index in [1.54, 1.807) is 0 Å². The van der Waals surface area contributed by atoms with Gasteiger partial charge in [-0.05, 0) is 19.2 Å². The number of aromatic nitrogens is 2. The number of fused-ring (bicyclic) bond motifs is 1. The van der Waals surface area contributed by atoms with Gasteiger partial charge in [-0.1, -0.05) is 12.1 Å². The van der Waals surface area contributed by atoms with Crippen LogP contribution in [0.4, 0.5) is 0 Å². The third kappa shape index (κ3) is 3.36. The van der Waals surface area contributed by atoms with Gasteiger partial charge in [0, 0.05) is 39.3 Å². The molecule has 1 saturated heterocycles. The first kappa shape index (κ1) is 13.5. The summed E-state index contributed by atoms with van der Waals surface area (Å²) in [5.74, 6) is 1.05. The van der Waals surface area contributed by atoms with Crippen molar-refractivity contribution < 1.29 is 0 Å². The summed E-state index contributed by atoms with van der Waals surface area (Å²) in [6.45, 7) is 7.66. The number of piperazine rings is 1. The average molecular weight is 273 g/mol. The highest BCUT2D eigenvalue weighted by Crippen LogP contribution is 2.11. The Morgan fingerprint density at radius 3 is 2.85 bits per heavy atom. The van der Waals surface area contributed by atoms with Gasteiger partial charge < -0.3 is 10.3 Å². The minimum absolute atomic E-state index is 0.876. The first-order valence-electron chi connectivity index (χ1n) is 7.36. The van der Waals surface area contributed by atoms with Crippen LogP contribution in [0, 0.1) is 0 Å². The Bertz CT molecular complexity index is 511. The quantitative estimate of drug-likeness (QED) is 0.850. The van der Waals surface area contributed by atoms with Crippen LogP contribution in [0.2, 0.25) is 0 Å². The van der Waals surface area contributed by atoms with E-state index in [0.29, 0.717) is 0 Å². The third-order valence-corrected chi connectivity index (χ3v) is 3.87. The molecule has 0 radical (unpaired) electrons. The molecule has 2 N–H and O–H groups in total. The summed E-state index contributed by atoms with van der Waals surface area (Å²) >= 11 is 0. The number of nitrogens with one attached hydrogen (secondary N) is 2. The first-order valence-corrected chi connectivity index (χ1v) is 7.36. The molecule has 5 heteroatoms. The van der Waals surface area contributed by atoms with E-state index in [4.69, 9.17) is 0 Å². The number of para-hydroxylation sites is 2. The van der Waals surface area contributed by atoms with Gasteiger partial charge in [0.1, 0.15) is 5.82 Å². The number of hydrogen-bond donors (Lipinski definition) is 2. The molecule has 0 spiro atoms. The maximum absolute atomic E-state index is 4.63. The van der Waals surface area contributed by atoms with Crippen LogP contribution in [-0.2, 0) is 6.54 Å². The molecule has 2 heterocycles. The van der Waals surface area contributed by atoms with E-state index in [-0.39, 0.29) is 0 Å². The number of hydrogen-bond acceptors (Lipinski definition) is 4. The van der Waals surface area contributed by atoms with Crippen molar-refractivity contribution in [3.05, 3.63) is 30.1 Å². The van der Waals surface area contributed by atoms with Crippen molar-refractivity contribution in [1.29, 1.82) is 0 Å². The van der Waals surface area contributed by atoms with Crippen LogP contribution in [0.15, 0.2) is 24.3 Å². The second kappa shape index (κ2) is 6.35. The zero-order chi connectivity index (χ0) is 13.8. The van der Waals surface area contributed by atoms with Crippen LogP contribution in [0.1, 0.15) is 5.82 Å². The molecule has 1 fully saturated rings. The summed E-state index contributed by atoms with van der Waals surface area (Å²) < 4.78 is 0. The third-order valence-electron chi connectivity index (χ3n) is 3.87. The molecule has 20 heavy (non-hydrogen) atoms. The van der Waals surface area contributed by atoms with Gasteiger partial charge >= 0.3 is 0 Å². The van der Waals surface area contributed by atoms with Crippen LogP contribution in [0.3, 0.4) is 0 Å². The molecule has 1 aromatic carbocycles. The predicted molar refractivity (Wildman–Crippen MR) is 81.7 cm³/mol. The molecule has 0 amide bonds. The van der Waals surface area contributed by atoms with E-state index >= 15 is 0 Å². The van der Waals surface area contributed by atoms with Crippen LogP contribution in [-0.4, -0.2) is 66.1 Å². The van der Waals surface area contributed by atoms with Crippen molar-refractivity contribution in [2.24, 2.45) is 0 Å². The standard InChI is InChI=1S/C15H23N5/c1-19(10-11-20-8-6-16-7-9-20)12-15-17-13-4-2-3-5-14(13)18-15/h2-5,16H,6-12H2,1H3,(H,17,18). The smallest absolute Gasteiger partial charge is 0.121 e. The molecule has 3 rings (SSSR count). The fourth-order valence-corrected chi connectivity index (χ4v) is 2.66. The van der Waals surface area contributed by atoms with E-state index in [0.717, 1.165) is 49.6 Å². The minimum Gasteiger partial charge on any atom is -0.341 e. The number of likely N-dealkylation sites (N-methyl/N-ethyl adjacent to an activating group) is 1. The van der Waals surface area contributed by atoms with Crippen molar-refractivity contribution in [3.63, 3.8) is 0 Å². The number of imidazole rings is 1. The lowest BCUT2D eigenvalue weighted by Gasteiger charge is -2.28. The summed E-state index contributed by atoms with van der Waals surface area (Å²) in [7, 11) is 2.16. The number of nitrogens with zero attached hydrogens (tertiary/aromatic N) is 3. The molecule has 0 bridgehead atoms. The van der Waals surface area contributed by atoms with Gasteiger partial charge in [-0.15, -0.1) is 0 Å². The Morgan fingerprint density at radius 2 is 2.05 bits per heavy atom. The zero-order valence-corrected chi connectivity index (χ0v) is 12.1. The lowest BCUT2D eigenvalue weighted by Crippen LogP contribution is -2.45. The van der Waals surface area contributed by atoms with Gasteiger partial charge in [-0.2, -0.15) is 0 Å². The molecule has 108 valence electrons. The lowest BCUT2D eigenvalue weighted by atomic mass is 10.3. The molecule has 1 aliphatic rings. The summed E-state index contributed by atoms with van der Waals surface area (Å²) in [6.07, 6.45) is 0. The molecule has 1 aliphatic heterocycles. The Hall–Kier alpha value is -1.43. The number of rotatable bonds is 5. The van der Waals surface area contributed by atoms with Gasteiger partial charge in [0.05, 0.1) is 17.6 Å². The van der Waals surface area contributed by atoms with Crippen LogP contribution in [0.25, 0.3) is 11.0 Å². The fourth-order valence-electron chi connectivity index (χ4n) is 2.66. The van der Waals surface area contributed by atoms with E-state index in [1.165, 1.54) is 13.1 Å². The van der Waals surface area contributed by atoms with Crippen molar-refractivity contribution >= 4 is 11.0 Å². The normalized spacial score (nSPS) is 17.1. The summed E-state index contributed by atoms with van der Waals surface area (Å²) in [4.78, 5) is 12.9. The van der Waals surface area contributed by atoms with Gasteiger partial charge in [0.25, 0.3) is 0 Å². The molecular formula is C15H23N5. The van der Waals surface area contributed by atoms with Crippen molar-refractivity contribution in [3.8, 4) is 0 Å².